The number of hydrogen-bond acceptors (Lipinski definition) is 3. The summed E-state index contributed by atoms with van der Waals surface area (Å²) in [5.74, 6) is -1.41. The Balaban J connectivity index is 1.57. The Bertz CT molecular complexity index is 1040. The van der Waals surface area contributed by atoms with Crippen LogP contribution >= 0.6 is 0 Å². The van der Waals surface area contributed by atoms with E-state index >= 15 is 0 Å². The number of carbonyl (C=O) groups excluding carboxylic acids is 3. The van der Waals surface area contributed by atoms with Gasteiger partial charge in [0.25, 0.3) is 5.91 Å². The van der Waals surface area contributed by atoms with Gasteiger partial charge in [0, 0.05) is 17.3 Å². The van der Waals surface area contributed by atoms with Gasteiger partial charge in [-0.1, -0.05) is 37.1 Å². The largest absolute Gasteiger partial charge is 0.416 e. The van der Waals surface area contributed by atoms with Gasteiger partial charge >= 0.3 is 6.18 Å². The number of rotatable bonds is 4. The van der Waals surface area contributed by atoms with Gasteiger partial charge in [-0.05, 0) is 43.2 Å². The van der Waals surface area contributed by atoms with Crippen molar-refractivity contribution in [1.82, 2.24) is 10.2 Å². The van der Waals surface area contributed by atoms with E-state index in [-0.39, 0.29) is 30.1 Å². The summed E-state index contributed by atoms with van der Waals surface area (Å²) in [6.45, 7) is 0. The monoisotopic (exact) mass is 459 g/mol. The third-order valence-corrected chi connectivity index (χ3v) is 6.16. The number of nitrogens with zero attached hydrogens (tertiary/aromatic N) is 1. The SMILES string of the molecule is O=C(C[C@H]1C(=O)N[C@H]2CCCC[C@@H]2N1C(=O)c1ccccc1)Nc1cccc(C(F)(F)F)c1. The molecule has 1 aliphatic carbocycles. The number of halogens is 3. The molecule has 33 heavy (non-hydrogen) atoms. The zero-order valence-electron chi connectivity index (χ0n) is 17.8. The fourth-order valence-corrected chi connectivity index (χ4v) is 4.62. The Hall–Kier alpha value is -3.36. The van der Waals surface area contributed by atoms with E-state index in [0.29, 0.717) is 12.0 Å². The predicted octanol–water partition coefficient (Wildman–Crippen LogP) is 3.99. The van der Waals surface area contributed by atoms with Crippen LogP contribution in [0.4, 0.5) is 18.9 Å². The first kappa shape index (κ1) is 22.8. The summed E-state index contributed by atoms with van der Waals surface area (Å²) in [7, 11) is 0. The molecular weight excluding hydrogens is 435 g/mol. The third-order valence-electron chi connectivity index (χ3n) is 6.16. The molecule has 1 saturated heterocycles. The quantitative estimate of drug-likeness (QED) is 0.726. The molecule has 1 saturated carbocycles. The van der Waals surface area contributed by atoms with Crippen LogP contribution in [0.1, 0.15) is 48.0 Å². The first-order valence-corrected chi connectivity index (χ1v) is 10.9. The molecule has 2 fully saturated rings. The Morgan fingerprint density at radius 2 is 1.76 bits per heavy atom. The topological polar surface area (TPSA) is 78.5 Å². The summed E-state index contributed by atoms with van der Waals surface area (Å²) >= 11 is 0. The van der Waals surface area contributed by atoms with Crippen LogP contribution < -0.4 is 10.6 Å². The van der Waals surface area contributed by atoms with Crippen LogP contribution in [0, 0.1) is 0 Å². The van der Waals surface area contributed by atoms with Crippen molar-refractivity contribution in [3.8, 4) is 0 Å². The third kappa shape index (κ3) is 5.02. The number of fused-ring (bicyclic) bond motifs is 1. The van der Waals surface area contributed by atoms with Crippen molar-refractivity contribution < 1.29 is 27.6 Å². The molecule has 2 aromatic rings. The van der Waals surface area contributed by atoms with Crippen LogP contribution in [0.3, 0.4) is 0 Å². The van der Waals surface area contributed by atoms with E-state index in [2.05, 4.69) is 10.6 Å². The highest BCUT2D eigenvalue weighted by Gasteiger charge is 2.46. The van der Waals surface area contributed by atoms with Gasteiger partial charge in [0.05, 0.1) is 18.0 Å². The van der Waals surface area contributed by atoms with Gasteiger partial charge in [-0.15, -0.1) is 0 Å². The highest BCUT2D eigenvalue weighted by atomic mass is 19.4. The lowest BCUT2D eigenvalue weighted by Crippen LogP contribution is -2.68. The molecule has 9 heteroatoms. The molecule has 6 nitrogen and oxygen atoms in total. The summed E-state index contributed by atoms with van der Waals surface area (Å²) in [6, 6.07) is 11.4. The summed E-state index contributed by atoms with van der Waals surface area (Å²) in [5, 5.41) is 5.38. The highest BCUT2D eigenvalue weighted by Crippen LogP contribution is 2.32. The van der Waals surface area contributed by atoms with E-state index in [4.69, 9.17) is 0 Å². The zero-order valence-corrected chi connectivity index (χ0v) is 17.8. The van der Waals surface area contributed by atoms with E-state index < -0.39 is 29.6 Å². The van der Waals surface area contributed by atoms with E-state index in [1.54, 1.807) is 30.3 Å². The predicted molar refractivity (Wildman–Crippen MR) is 115 cm³/mol. The lowest BCUT2D eigenvalue weighted by atomic mass is 9.84. The number of carbonyl (C=O) groups is 3. The minimum absolute atomic E-state index is 0.0254. The summed E-state index contributed by atoms with van der Waals surface area (Å²) < 4.78 is 38.9. The van der Waals surface area contributed by atoms with Crippen LogP contribution in [0.5, 0.6) is 0 Å². The van der Waals surface area contributed by atoms with E-state index in [1.165, 1.54) is 17.0 Å². The Morgan fingerprint density at radius 1 is 1.03 bits per heavy atom. The average Bonchev–Trinajstić information content (AvgIpc) is 2.79. The lowest BCUT2D eigenvalue weighted by molar-refractivity contribution is -0.137. The first-order chi connectivity index (χ1) is 15.7. The number of piperazine rings is 1. The van der Waals surface area contributed by atoms with Crippen molar-refractivity contribution >= 4 is 23.4 Å². The number of anilines is 1. The number of amides is 3. The van der Waals surface area contributed by atoms with Gasteiger partial charge in [0.1, 0.15) is 6.04 Å². The van der Waals surface area contributed by atoms with E-state index in [0.717, 1.165) is 31.4 Å². The van der Waals surface area contributed by atoms with Gasteiger partial charge in [0.15, 0.2) is 0 Å². The molecule has 0 radical (unpaired) electrons. The average molecular weight is 459 g/mol. The molecule has 2 aliphatic rings. The van der Waals surface area contributed by atoms with Crippen molar-refractivity contribution in [2.75, 3.05) is 5.32 Å². The fraction of sp³-hybridized carbons (Fsp3) is 0.375. The van der Waals surface area contributed by atoms with Gasteiger partial charge in [0.2, 0.25) is 11.8 Å². The van der Waals surface area contributed by atoms with Crippen LogP contribution in [-0.4, -0.2) is 40.7 Å². The van der Waals surface area contributed by atoms with Crippen molar-refractivity contribution in [2.24, 2.45) is 0 Å². The Kier molecular flexibility index (Phi) is 6.40. The molecule has 3 amide bonds. The van der Waals surface area contributed by atoms with Crippen LogP contribution in [0.2, 0.25) is 0 Å². The molecule has 3 atom stereocenters. The van der Waals surface area contributed by atoms with Crippen molar-refractivity contribution in [3.05, 3.63) is 65.7 Å². The Labute approximate surface area is 189 Å². The van der Waals surface area contributed by atoms with Crippen LogP contribution in [-0.2, 0) is 15.8 Å². The molecule has 0 spiro atoms. The van der Waals surface area contributed by atoms with Crippen molar-refractivity contribution in [3.63, 3.8) is 0 Å². The van der Waals surface area contributed by atoms with Crippen LogP contribution in [0.15, 0.2) is 54.6 Å². The number of alkyl halides is 3. The van der Waals surface area contributed by atoms with E-state index in [9.17, 15) is 27.6 Å². The standard InChI is InChI=1S/C24H24F3N3O3/c25-24(26,27)16-9-6-10-17(13-16)28-21(31)14-20-22(32)29-18-11-4-5-12-19(18)30(20)23(33)15-7-2-1-3-8-15/h1-3,6-10,13,18-20H,4-5,11-12,14H2,(H,28,31)(H,29,32)/t18-,19-,20-/m0/s1. The van der Waals surface area contributed by atoms with Crippen molar-refractivity contribution in [1.29, 1.82) is 0 Å². The number of nitrogens with one attached hydrogen (secondary N) is 2. The summed E-state index contributed by atoms with van der Waals surface area (Å²) in [6.07, 6.45) is -1.61. The molecule has 0 unspecified atom stereocenters. The molecule has 2 aromatic carbocycles. The first-order valence-electron chi connectivity index (χ1n) is 10.9. The second-order valence-electron chi connectivity index (χ2n) is 8.39. The maximum atomic E-state index is 13.4. The normalized spacial score (nSPS) is 22.8. The lowest BCUT2D eigenvalue weighted by Gasteiger charge is -2.48. The molecule has 0 aromatic heterocycles. The van der Waals surface area contributed by atoms with Gasteiger partial charge in [-0.25, -0.2) is 0 Å². The summed E-state index contributed by atoms with van der Waals surface area (Å²) in [5.41, 5.74) is -0.496. The van der Waals surface area contributed by atoms with Crippen molar-refractivity contribution in [2.45, 2.75) is 56.4 Å². The van der Waals surface area contributed by atoms with Crippen LogP contribution in [0.25, 0.3) is 0 Å². The molecule has 1 aliphatic heterocycles. The molecule has 4 rings (SSSR count). The van der Waals surface area contributed by atoms with Gasteiger partial charge in [-0.2, -0.15) is 13.2 Å². The fourth-order valence-electron chi connectivity index (χ4n) is 4.62. The molecule has 0 bridgehead atoms. The maximum absolute atomic E-state index is 13.4. The molecule has 174 valence electrons. The zero-order chi connectivity index (χ0) is 23.6. The highest BCUT2D eigenvalue weighted by molar-refractivity contribution is 6.01. The van der Waals surface area contributed by atoms with E-state index in [1.807, 2.05) is 0 Å². The number of benzene rings is 2. The van der Waals surface area contributed by atoms with Gasteiger partial charge < -0.3 is 15.5 Å². The molecule has 2 N–H and O–H groups in total. The Morgan fingerprint density at radius 3 is 2.48 bits per heavy atom. The minimum Gasteiger partial charge on any atom is -0.349 e. The summed E-state index contributed by atoms with van der Waals surface area (Å²) in [4.78, 5) is 40.6. The second-order valence-corrected chi connectivity index (χ2v) is 8.39. The smallest absolute Gasteiger partial charge is 0.349 e. The molecule has 1 heterocycles. The number of hydrogen-bond donors (Lipinski definition) is 2. The van der Waals surface area contributed by atoms with Gasteiger partial charge in [-0.3, -0.25) is 14.4 Å². The molecular formula is C24H24F3N3O3. The second kappa shape index (κ2) is 9.25. The minimum atomic E-state index is -4.54. The maximum Gasteiger partial charge on any atom is 0.416 e.